The average molecular weight is 535 g/mol. The number of hydrogen-bond donors (Lipinski definition) is 1. The minimum absolute atomic E-state index is 0. The summed E-state index contributed by atoms with van der Waals surface area (Å²) in [6, 6.07) is 4.69. The summed E-state index contributed by atoms with van der Waals surface area (Å²) in [7, 11) is -1.56. The lowest BCUT2D eigenvalue weighted by atomic mass is 10.2. The minimum Gasteiger partial charge on any atom is -0.492 e. The van der Waals surface area contributed by atoms with Crippen LogP contribution in [0.1, 0.15) is 19.4 Å². The first kappa shape index (κ1) is 24.8. The number of nitrogens with zero attached hydrogens (tertiary/aromatic N) is 2. The molecule has 0 bridgehead atoms. The number of guanidine groups is 1. The second-order valence-corrected chi connectivity index (χ2v) is 9.59. The van der Waals surface area contributed by atoms with E-state index in [1.165, 1.54) is 12.1 Å². The number of sulfone groups is 1. The van der Waals surface area contributed by atoms with E-state index in [4.69, 9.17) is 4.74 Å². The van der Waals surface area contributed by atoms with E-state index in [2.05, 4.69) is 10.3 Å². The highest BCUT2D eigenvalue weighted by Gasteiger charge is 2.40. The van der Waals surface area contributed by atoms with E-state index in [1.54, 1.807) is 20.9 Å². The molecule has 160 valence electrons. The van der Waals surface area contributed by atoms with Crippen LogP contribution in [0.2, 0.25) is 0 Å². The van der Waals surface area contributed by atoms with Gasteiger partial charge in [0, 0.05) is 20.1 Å². The molecule has 1 fully saturated rings. The van der Waals surface area contributed by atoms with Crippen molar-refractivity contribution in [3.05, 3.63) is 29.8 Å². The highest BCUT2D eigenvalue weighted by atomic mass is 127. The van der Waals surface area contributed by atoms with E-state index in [0.29, 0.717) is 25.6 Å². The van der Waals surface area contributed by atoms with Gasteiger partial charge in [0.25, 0.3) is 0 Å². The van der Waals surface area contributed by atoms with E-state index < -0.39 is 26.3 Å². The molecule has 11 heteroatoms. The molecule has 1 aromatic rings. The predicted molar refractivity (Wildman–Crippen MR) is 113 cm³/mol. The normalized spacial score (nSPS) is 18.9. The van der Waals surface area contributed by atoms with Crippen LogP contribution in [0.3, 0.4) is 0 Å². The van der Waals surface area contributed by atoms with Crippen molar-refractivity contribution in [1.29, 1.82) is 0 Å². The zero-order chi connectivity index (χ0) is 20.3. The molecule has 0 spiro atoms. The van der Waals surface area contributed by atoms with Crippen molar-refractivity contribution in [1.82, 2.24) is 10.2 Å². The molecule has 1 saturated heterocycles. The molecule has 1 N–H and O–H groups in total. The zero-order valence-corrected chi connectivity index (χ0v) is 19.1. The molecule has 0 unspecified atom stereocenters. The Labute approximate surface area is 180 Å². The van der Waals surface area contributed by atoms with Gasteiger partial charge in [-0.3, -0.25) is 4.99 Å². The Balaban J connectivity index is 0.00000392. The summed E-state index contributed by atoms with van der Waals surface area (Å²) in [6.45, 7) is 4.45. The average Bonchev–Trinajstić information content (AvgIpc) is 2.57. The van der Waals surface area contributed by atoms with Gasteiger partial charge in [-0.15, -0.1) is 24.0 Å². The fourth-order valence-corrected chi connectivity index (χ4v) is 4.12. The lowest BCUT2D eigenvalue weighted by Gasteiger charge is -2.39. The summed E-state index contributed by atoms with van der Waals surface area (Å²) >= 11 is 0. The van der Waals surface area contributed by atoms with Gasteiger partial charge >= 0.3 is 6.18 Å². The molecule has 1 heterocycles. The predicted octanol–water partition coefficient (Wildman–Crippen LogP) is 2.79. The molecule has 1 aliphatic rings. The Morgan fingerprint density at radius 3 is 2.61 bits per heavy atom. The van der Waals surface area contributed by atoms with Gasteiger partial charge in [-0.2, -0.15) is 13.2 Å². The molecule has 0 amide bonds. The fraction of sp³-hybridized carbons (Fsp3) is 0.588. The van der Waals surface area contributed by atoms with Gasteiger partial charge in [-0.05, 0) is 32.0 Å². The number of nitrogens with one attached hydrogen (secondary N) is 1. The second kappa shape index (κ2) is 9.51. The maximum atomic E-state index is 12.7. The van der Waals surface area contributed by atoms with E-state index in [0.717, 1.165) is 12.1 Å². The summed E-state index contributed by atoms with van der Waals surface area (Å²) in [6.07, 6.45) is -4.42. The maximum Gasteiger partial charge on any atom is 0.416 e. The van der Waals surface area contributed by atoms with Crippen molar-refractivity contribution in [2.45, 2.75) is 24.8 Å². The second-order valence-electron chi connectivity index (χ2n) is 6.85. The van der Waals surface area contributed by atoms with Crippen LogP contribution in [0, 0.1) is 0 Å². The number of aliphatic imine (C=N–C) groups is 1. The van der Waals surface area contributed by atoms with Crippen molar-refractivity contribution >= 4 is 39.8 Å². The van der Waals surface area contributed by atoms with Crippen LogP contribution >= 0.6 is 24.0 Å². The van der Waals surface area contributed by atoms with Gasteiger partial charge in [0.1, 0.15) is 12.4 Å². The van der Waals surface area contributed by atoms with Crippen LogP contribution in [-0.2, 0) is 16.0 Å². The van der Waals surface area contributed by atoms with Crippen molar-refractivity contribution in [3.8, 4) is 5.75 Å². The summed E-state index contributed by atoms with van der Waals surface area (Å²) in [5, 5.41) is 3.05. The van der Waals surface area contributed by atoms with E-state index in [-0.39, 0.29) is 42.1 Å². The Morgan fingerprint density at radius 2 is 2.04 bits per heavy atom. The Bertz CT molecular complexity index is 798. The molecule has 28 heavy (non-hydrogen) atoms. The summed E-state index contributed by atoms with van der Waals surface area (Å²) in [4.78, 5) is 6.00. The highest BCUT2D eigenvalue weighted by Crippen LogP contribution is 2.31. The Hall–Kier alpha value is -1.24. The highest BCUT2D eigenvalue weighted by molar-refractivity contribution is 14.0. The van der Waals surface area contributed by atoms with Crippen LogP contribution in [0.15, 0.2) is 29.3 Å². The first-order valence-corrected chi connectivity index (χ1v) is 10.1. The first-order chi connectivity index (χ1) is 12.5. The standard InChI is InChI=1S/C17H24F3N3O3S.HI/c1-16(2)12-23(8-10-27(16,24)25)15(21-3)22-7-9-26-14-6-4-5-13(11-14)17(18,19)20;/h4-6,11H,7-10,12H2,1-3H3,(H,21,22);1H. The quantitative estimate of drug-likeness (QED) is 0.278. The fourth-order valence-electron chi connectivity index (χ4n) is 2.75. The van der Waals surface area contributed by atoms with E-state index >= 15 is 0 Å². The molecule has 0 aliphatic carbocycles. The Kier molecular flexibility index (Phi) is 8.42. The molecule has 0 atom stereocenters. The third-order valence-electron chi connectivity index (χ3n) is 4.37. The number of benzene rings is 1. The lowest BCUT2D eigenvalue weighted by molar-refractivity contribution is -0.137. The number of alkyl halides is 3. The molecule has 1 aliphatic heterocycles. The van der Waals surface area contributed by atoms with Crippen LogP contribution in [0.25, 0.3) is 0 Å². The summed E-state index contributed by atoms with van der Waals surface area (Å²) in [5.41, 5.74) is -0.763. The van der Waals surface area contributed by atoms with Gasteiger partial charge < -0.3 is 15.0 Å². The molecular formula is C17H25F3IN3O3S. The smallest absolute Gasteiger partial charge is 0.416 e. The third-order valence-corrected chi connectivity index (χ3v) is 6.90. The van der Waals surface area contributed by atoms with Crippen molar-refractivity contribution in [3.63, 3.8) is 0 Å². The maximum absolute atomic E-state index is 12.7. The summed E-state index contributed by atoms with van der Waals surface area (Å²) < 4.78 is 66.8. The minimum atomic E-state index is -4.42. The van der Waals surface area contributed by atoms with E-state index in [1.807, 2.05) is 4.90 Å². The number of hydrogen-bond acceptors (Lipinski definition) is 4. The molecule has 2 rings (SSSR count). The van der Waals surface area contributed by atoms with Crippen LogP contribution in [0.5, 0.6) is 5.75 Å². The van der Waals surface area contributed by atoms with Crippen LogP contribution < -0.4 is 10.1 Å². The van der Waals surface area contributed by atoms with Crippen molar-refractivity contribution < 1.29 is 26.3 Å². The first-order valence-electron chi connectivity index (χ1n) is 8.44. The molecule has 0 saturated carbocycles. The molecule has 1 aromatic carbocycles. The largest absolute Gasteiger partial charge is 0.492 e. The van der Waals surface area contributed by atoms with E-state index in [9.17, 15) is 21.6 Å². The van der Waals surface area contributed by atoms with Crippen LogP contribution in [-0.4, -0.2) is 63.1 Å². The topological polar surface area (TPSA) is 71.0 Å². The number of ether oxygens (including phenoxy) is 1. The number of halogens is 4. The SMILES string of the molecule is CN=C(NCCOc1cccc(C(F)(F)F)c1)N1CCS(=O)(=O)C(C)(C)C1.I. The molecule has 6 nitrogen and oxygen atoms in total. The van der Waals surface area contributed by atoms with Gasteiger partial charge in [-0.25, -0.2) is 8.42 Å². The van der Waals surface area contributed by atoms with Gasteiger partial charge in [0.2, 0.25) is 0 Å². The summed E-state index contributed by atoms with van der Waals surface area (Å²) in [5.74, 6) is 0.707. The van der Waals surface area contributed by atoms with Crippen LogP contribution in [0.4, 0.5) is 13.2 Å². The van der Waals surface area contributed by atoms with Gasteiger partial charge in [-0.1, -0.05) is 6.07 Å². The molecule has 0 aromatic heterocycles. The Morgan fingerprint density at radius 1 is 1.36 bits per heavy atom. The van der Waals surface area contributed by atoms with Crippen molar-refractivity contribution in [2.75, 3.05) is 39.0 Å². The van der Waals surface area contributed by atoms with Crippen molar-refractivity contribution in [2.24, 2.45) is 4.99 Å². The van der Waals surface area contributed by atoms with Gasteiger partial charge in [0.15, 0.2) is 15.8 Å². The molecule has 0 radical (unpaired) electrons. The number of rotatable bonds is 4. The third kappa shape index (κ3) is 6.13. The monoisotopic (exact) mass is 535 g/mol. The van der Waals surface area contributed by atoms with Gasteiger partial charge in [0.05, 0.1) is 22.6 Å². The lowest BCUT2D eigenvalue weighted by Crippen LogP contribution is -2.57. The zero-order valence-electron chi connectivity index (χ0n) is 15.9. The molecular weight excluding hydrogens is 510 g/mol.